The Balaban J connectivity index is 0.898. The number of imidazole rings is 1. The molecule has 11 heteroatoms. The molecule has 11 nitrogen and oxygen atoms in total. The highest BCUT2D eigenvalue weighted by Gasteiger charge is 2.53. The maximum Gasteiger partial charge on any atom is 0.407 e. The van der Waals surface area contributed by atoms with E-state index in [4.69, 9.17) is 14.7 Å². The van der Waals surface area contributed by atoms with Gasteiger partial charge in [-0.15, -0.1) is 0 Å². The quantitative estimate of drug-likeness (QED) is 0.132. The number of carbonyl (C=O) groups is 3. The third-order valence-corrected chi connectivity index (χ3v) is 13.0. The summed E-state index contributed by atoms with van der Waals surface area (Å²) in [6, 6.07) is 20.2. The van der Waals surface area contributed by atoms with E-state index < -0.39 is 12.1 Å². The molecule has 4 heterocycles. The number of benzene rings is 2. The fourth-order valence-electron chi connectivity index (χ4n) is 9.98. The van der Waals surface area contributed by atoms with Crippen LogP contribution in [0.3, 0.4) is 0 Å². The van der Waals surface area contributed by atoms with Gasteiger partial charge in [0.15, 0.2) is 0 Å². The number of amides is 3. The number of nitrogens with one attached hydrogen (secondary N) is 3. The van der Waals surface area contributed by atoms with E-state index in [1.165, 1.54) is 19.1 Å². The van der Waals surface area contributed by atoms with Gasteiger partial charge < -0.3 is 25.3 Å². The fraction of sp³-hybridized carbons (Fsp3) is 0.447. The standard InChI is InChI=1S/C47H55N7O4/c1-27(2)42(35-8-6-20-48-24-35)52-45(55)41-34-19-18-33(22-34)40(41)37-23-36(25-49-37)31-12-10-29(11-13-31)30-14-16-32(17-15-30)38-26-50-44(51-38)39-9-7-21-54(39)46(56)43(28(3)4)53-47(57)58-5/h6,8,10-17,20,24-28,33-34,39-43H,7,9,18-19,21-23H2,1-5H3,(H,50,51)(H,52,55)(H,53,57)/t33?,34?,39-,40?,41-,42?,43-/m0/s1. The third kappa shape index (κ3) is 7.83. The highest BCUT2D eigenvalue weighted by molar-refractivity contribution is 6.02. The summed E-state index contributed by atoms with van der Waals surface area (Å²) in [4.78, 5) is 58.9. The van der Waals surface area contributed by atoms with E-state index in [-0.39, 0.29) is 47.6 Å². The lowest BCUT2D eigenvalue weighted by atomic mass is 9.74. The zero-order valence-corrected chi connectivity index (χ0v) is 34.2. The van der Waals surface area contributed by atoms with Gasteiger partial charge in [0.25, 0.3) is 0 Å². The van der Waals surface area contributed by atoms with Gasteiger partial charge in [-0.3, -0.25) is 19.6 Å². The van der Waals surface area contributed by atoms with E-state index in [2.05, 4.69) is 89.0 Å². The topological polar surface area (TPSA) is 142 Å². The lowest BCUT2D eigenvalue weighted by Gasteiger charge is -2.33. The van der Waals surface area contributed by atoms with Crippen molar-refractivity contribution in [3.8, 4) is 22.4 Å². The van der Waals surface area contributed by atoms with Crippen molar-refractivity contribution in [2.45, 2.75) is 84.3 Å². The summed E-state index contributed by atoms with van der Waals surface area (Å²) in [5.74, 6) is 2.02. The molecule has 2 saturated carbocycles. The van der Waals surface area contributed by atoms with Crippen LogP contribution >= 0.6 is 0 Å². The number of H-pyrrole nitrogens is 1. The molecule has 2 aromatic carbocycles. The Morgan fingerprint density at radius 3 is 2.22 bits per heavy atom. The Bertz CT molecular complexity index is 2180. The molecule has 302 valence electrons. The molecule has 1 saturated heterocycles. The highest BCUT2D eigenvalue weighted by atomic mass is 16.5. The lowest BCUT2D eigenvalue weighted by Crippen LogP contribution is -2.51. The second-order valence-corrected chi connectivity index (χ2v) is 17.2. The van der Waals surface area contributed by atoms with Crippen LogP contribution in [0.15, 0.2) is 90.4 Å². The summed E-state index contributed by atoms with van der Waals surface area (Å²) in [7, 11) is 1.30. The summed E-state index contributed by atoms with van der Waals surface area (Å²) in [6.07, 6.45) is 12.7. The Morgan fingerprint density at radius 1 is 0.845 bits per heavy atom. The molecule has 0 spiro atoms. The molecule has 3 N–H and O–H groups in total. The van der Waals surface area contributed by atoms with Gasteiger partial charge in [-0.25, -0.2) is 9.78 Å². The van der Waals surface area contributed by atoms with Crippen molar-refractivity contribution >= 4 is 29.2 Å². The summed E-state index contributed by atoms with van der Waals surface area (Å²) in [5.41, 5.74) is 8.70. The molecule has 7 atom stereocenters. The van der Waals surface area contributed by atoms with Crippen LogP contribution in [-0.4, -0.2) is 63.2 Å². The number of hydrogen-bond acceptors (Lipinski definition) is 7. The molecule has 3 fully saturated rings. The molecular formula is C47H55N7O4. The van der Waals surface area contributed by atoms with Crippen molar-refractivity contribution in [1.82, 2.24) is 30.5 Å². The zero-order valence-electron chi connectivity index (χ0n) is 34.2. The molecule has 2 aromatic heterocycles. The Kier molecular flexibility index (Phi) is 11.3. The number of aromatic nitrogens is 3. The Morgan fingerprint density at radius 2 is 1.55 bits per heavy atom. The number of methoxy groups -OCH3 is 1. The van der Waals surface area contributed by atoms with E-state index in [9.17, 15) is 14.4 Å². The van der Waals surface area contributed by atoms with Crippen LogP contribution in [-0.2, 0) is 14.3 Å². The van der Waals surface area contributed by atoms with Gasteiger partial charge in [0, 0.05) is 49.1 Å². The maximum absolute atomic E-state index is 14.0. The number of allylic oxidation sites excluding steroid dienone is 1. The zero-order chi connectivity index (χ0) is 40.5. The van der Waals surface area contributed by atoms with Crippen LogP contribution < -0.4 is 10.6 Å². The van der Waals surface area contributed by atoms with Gasteiger partial charge in [0.05, 0.1) is 31.1 Å². The first-order chi connectivity index (χ1) is 28.1. The second-order valence-electron chi connectivity index (χ2n) is 17.2. The predicted molar refractivity (Wildman–Crippen MR) is 225 cm³/mol. The Labute approximate surface area is 341 Å². The lowest BCUT2D eigenvalue weighted by molar-refractivity contribution is -0.135. The average molecular weight is 782 g/mol. The normalized spacial score (nSPS) is 23.5. The van der Waals surface area contributed by atoms with Crippen LogP contribution in [0.1, 0.15) is 95.3 Å². The number of carbonyl (C=O) groups excluding carboxylic acids is 3. The first-order valence-corrected chi connectivity index (χ1v) is 21.0. The van der Waals surface area contributed by atoms with Crippen LogP contribution in [0.5, 0.6) is 0 Å². The number of aromatic amines is 1. The van der Waals surface area contributed by atoms with Crippen molar-refractivity contribution in [3.63, 3.8) is 0 Å². The van der Waals surface area contributed by atoms with Crippen LogP contribution in [0.25, 0.3) is 28.0 Å². The first kappa shape index (κ1) is 39.3. The largest absolute Gasteiger partial charge is 0.453 e. The van der Waals surface area contributed by atoms with Gasteiger partial charge in [0.1, 0.15) is 11.9 Å². The summed E-state index contributed by atoms with van der Waals surface area (Å²) in [5, 5.41) is 6.15. The molecule has 2 aliphatic carbocycles. The third-order valence-electron chi connectivity index (χ3n) is 13.0. The summed E-state index contributed by atoms with van der Waals surface area (Å²) >= 11 is 0. The molecular weight excluding hydrogens is 727 g/mol. The molecule has 4 aromatic rings. The molecule has 2 bridgehead atoms. The number of likely N-dealkylation sites (tertiary alicyclic amines) is 1. The maximum atomic E-state index is 14.0. The van der Waals surface area contributed by atoms with E-state index in [0.29, 0.717) is 18.4 Å². The summed E-state index contributed by atoms with van der Waals surface area (Å²) in [6.45, 7) is 8.74. The minimum absolute atomic E-state index is 0.0391. The summed E-state index contributed by atoms with van der Waals surface area (Å²) < 4.78 is 4.77. The van der Waals surface area contributed by atoms with E-state index in [1.807, 2.05) is 43.4 Å². The monoisotopic (exact) mass is 781 g/mol. The van der Waals surface area contributed by atoms with Gasteiger partial charge in [0.2, 0.25) is 11.8 Å². The molecule has 2 aliphatic heterocycles. The van der Waals surface area contributed by atoms with E-state index in [1.54, 1.807) is 6.20 Å². The van der Waals surface area contributed by atoms with Gasteiger partial charge in [-0.2, -0.15) is 0 Å². The number of ether oxygens (including phenoxy) is 1. The number of fused-ring (bicyclic) bond motifs is 2. The number of pyridine rings is 1. The molecule has 58 heavy (non-hydrogen) atoms. The smallest absolute Gasteiger partial charge is 0.407 e. The van der Waals surface area contributed by atoms with Crippen LogP contribution in [0.4, 0.5) is 4.79 Å². The number of aliphatic imine (C=N–C) groups is 1. The number of nitrogens with zero attached hydrogens (tertiary/aromatic N) is 4. The Hall–Kier alpha value is -5.58. The van der Waals surface area contributed by atoms with Crippen molar-refractivity contribution < 1.29 is 19.1 Å². The van der Waals surface area contributed by atoms with E-state index in [0.717, 1.165) is 77.2 Å². The molecule has 4 aliphatic rings. The van der Waals surface area contributed by atoms with Crippen molar-refractivity contribution in [2.75, 3.05) is 13.7 Å². The van der Waals surface area contributed by atoms with Gasteiger partial charge >= 0.3 is 6.09 Å². The average Bonchev–Trinajstić information content (AvgIpc) is 4.10. The minimum atomic E-state index is -0.675. The van der Waals surface area contributed by atoms with Crippen molar-refractivity contribution in [3.05, 3.63) is 102 Å². The second kappa shape index (κ2) is 16.7. The molecule has 3 amide bonds. The first-order valence-electron chi connectivity index (χ1n) is 21.0. The number of alkyl carbamates (subject to hydrolysis) is 1. The minimum Gasteiger partial charge on any atom is -0.453 e. The van der Waals surface area contributed by atoms with Gasteiger partial charge in [-0.1, -0.05) is 82.3 Å². The van der Waals surface area contributed by atoms with Crippen molar-refractivity contribution in [1.29, 1.82) is 0 Å². The molecule has 4 unspecified atom stereocenters. The fourth-order valence-corrected chi connectivity index (χ4v) is 9.98. The van der Waals surface area contributed by atoms with E-state index >= 15 is 0 Å². The predicted octanol–water partition coefficient (Wildman–Crippen LogP) is 8.54. The van der Waals surface area contributed by atoms with Crippen molar-refractivity contribution in [2.24, 2.45) is 40.5 Å². The molecule has 0 radical (unpaired) electrons. The highest BCUT2D eigenvalue weighted by Crippen LogP contribution is 2.54. The van der Waals surface area contributed by atoms with Gasteiger partial charge in [-0.05, 0) is 95.2 Å². The number of hydrogen-bond donors (Lipinski definition) is 3. The van der Waals surface area contributed by atoms with Crippen LogP contribution in [0, 0.1) is 35.5 Å². The molecule has 8 rings (SSSR count). The SMILES string of the molecule is COC(=O)N[C@H](C(=O)N1CCC[C@H]1c1ncc(-c2ccc(-c3ccc(C4=CN=C(C5C6CCC(C6)[C@@H]5C(=O)NC(c5cccnc5)C(C)C)C4)cc3)cc2)[nH]1)C(C)C. The van der Waals surface area contributed by atoms with Crippen LogP contribution in [0.2, 0.25) is 0 Å². The number of rotatable bonds is 12.